The van der Waals surface area contributed by atoms with Gasteiger partial charge in [0.05, 0.1) is 19.8 Å². The van der Waals surface area contributed by atoms with Gasteiger partial charge in [0, 0.05) is 19.6 Å². The Kier molecular flexibility index (Phi) is 38.5. The Labute approximate surface area is 313 Å². The molecule has 8 nitrogen and oxygen atoms in total. The van der Waals surface area contributed by atoms with Crippen LogP contribution in [-0.4, -0.2) is 49.9 Å². The summed E-state index contributed by atoms with van der Waals surface area (Å²) >= 11 is 0. The first-order valence-corrected chi connectivity index (χ1v) is 22.1. The van der Waals surface area contributed by atoms with Crippen LogP contribution in [0.25, 0.3) is 0 Å². The summed E-state index contributed by atoms with van der Waals surface area (Å²) in [7, 11) is -4.26. The molecule has 2 unspecified atom stereocenters. The van der Waals surface area contributed by atoms with E-state index in [1.165, 1.54) is 96.3 Å². The van der Waals surface area contributed by atoms with Crippen LogP contribution in [0.5, 0.6) is 0 Å². The summed E-state index contributed by atoms with van der Waals surface area (Å²) < 4.78 is 33.2. The number of carbonyl (C=O) groups excluding carboxylic acids is 1. The van der Waals surface area contributed by atoms with E-state index in [0.717, 1.165) is 57.8 Å². The largest absolute Gasteiger partial charge is 0.472 e. The third kappa shape index (κ3) is 39.5. The van der Waals surface area contributed by atoms with Gasteiger partial charge in [0.25, 0.3) is 0 Å². The van der Waals surface area contributed by atoms with Crippen molar-refractivity contribution in [3.8, 4) is 0 Å². The smallest absolute Gasteiger partial charge is 0.457 e. The standard InChI is InChI=1S/C42H78NO7P/c1-3-5-7-9-11-12-13-14-15-16-17-18-19-20-21-22-23-24-25-26-27-28-29-30-32-34-37-47-39-41(40-49-51(45,46)48-38-36-43)50-42(44)35-33-31-10-8-6-4-2/h5,7,11-12,14-15,17-18,41H,3-4,6,8-10,13,16,19-40,43H2,1-2H3,(H,45,46)/b7-5-,12-11-,15-14-,18-17-. The summed E-state index contributed by atoms with van der Waals surface area (Å²) in [6.45, 7) is 4.74. The van der Waals surface area contributed by atoms with Crippen molar-refractivity contribution in [3.63, 3.8) is 0 Å². The van der Waals surface area contributed by atoms with Crippen molar-refractivity contribution in [2.75, 3.05) is 33.0 Å². The van der Waals surface area contributed by atoms with Gasteiger partial charge in [-0.05, 0) is 51.4 Å². The fourth-order valence-electron chi connectivity index (χ4n) is 5.52. The second kappa shape index (κ2) is 39.7. The molecule has 51 heavy (non-hydrogen) atoms. The lowest BCUT2D eigenvalue weighted by atomic mass is 10.0. The first-order valence-electron chi connectivity index (χ1n) is 20.6. The van der Waals surface area contributed by atoms with Crippen LogP contribution in [-0.2, 0) is 27.9 Å². The quantitative estimate of drug-likeness (QED) is 0.0277. The molecule has 0 aliphatic rings. The van der Waals surface area contributed by atoms with Crippen molar-refractivity contribution in [3.05, 3.63) is 48.6 Å². The predicted molar refractivity (Wildman–Crippen MR) is 215 cm³/mol. The molecule has 0 aromatic heterocycles. The van der Waals surface area contributed by atoms with Gasteiger partial charge in [-0.3, -0.25) is 13.8 Å². The summed E-state index contributed by atoms with van der Waals surface area (Å²) in [5.41, 5.74) is 5.34. The van der Waals surface area contributed by atoms with Crippen molar-refractivity contribution in [1.29, 1.82) is 0 Å². The zero-order valence-electron chi connectivity index (χ0n) is 32.8. The zero-order valence-corrected chi connectivity index (χ0v) is 33.7. The van der Waals surface area contributed by atoms with E-state index in [9.17, 15) is 14.3 Å². The normalized spacial score (nSPS) is 14.0. The van der Waals surface area contributed by atoms with Gasteiger partial charge in [-0.15, -0.1) is 0 Å². The zero-order chi connectivity index (χ0) is 37.4. The number of hydrogen-bond acceptors (Lipinski definition) is 7. The lowest BCUT2D eigenvalue weighted by Crippen LogP contribution is -2.28. The molecule has 0 aromatic carbocycles. The summed E-state index contributed by atoms with van der Waals surface area (Å²) in [6, 6.07) is 0. The van der Waals surface area contributed by atoms with Crippen molar-refractivity contribution >= 4 is 13.8 Å². The molecule has 0 rings (SSSR count). The third-order valence-corrected chi connectivity index (χ3v) is 9.49. The molecule has 0 saturated carbocycles. The molecule has 3 N–H and O–H groups in total. The Morgan fingerprint density at radius 2 is 1.10 bits per heavy atom. The van der Waals surface area contributed by atoms with Gasteiger partial charge in [0.1, 0.15) is 6.10 Å². The number of allylic oxidation sites excluding steroid dienone is 8. The minimum Gasteiger partial charge on any atom is -0.457 e. The molecular formula is C42H78NO7P. The van der Waals surface area contributed by atoms with Crippen LogP contribution in [0.4, 0.5) is 0 Å². The number of rotatable bonds is 39. The highest BCUT2D eigenvalue weighted by molar-refractivity contribution is 7.47. The number of ether oxygens (including phenoxy) is 2. The van der Waals surface area contributed by atoms with Gasteiger partial charge >= 0.3 is 13.8 Å². The Hall–Kier alpha value is -1.54. The van der Waals surface area contributed by atoms with E-state index in [-0.39, 0.29) is 32.3 Å². The average Bonchev–Trinajstić information content (AvgIpc) is 3.12. The van der Waals surface area contributed by atoms with Crippen molar-refractivity contribution in [2.45, 2.75) is 180 Å². The number of esters is 1. The van der Waals surface area contributed by atoms with E-state index in [1.807, 2.05) is 0 Å². The number of unbranched alkanes of at least 4 members (excludes halogenated alkanes) is 18. The SMILES string of the molecule is CC/C=C\C/C=C\C/C=C\C/C=C\CCCCCCCCCCCCCCCOCC(COP(=O)(O)OCCN)OC(=O)CCCCCCCC. The van der Waals surface area contributed by atoms with Gasteiger partial charge < -0.3 is 20.1 Å². The minimum absolute atomic E-state index is 0.0959. The first kappa shape index (κ1) is 49.5. The highest BCUT2D eigenvalue weighted by Crippen LogP contribution is 2.43. The number of nitrogens with two attached hydrogens (primary N) is 1. The van der Waals surface area contributed by atoms with Crippen molar-refractivity contribution in [1.82, 2.24) is 0 Å². The minimum atomic E-state index is -4.26. The van der Waals surface area contributed by atoms with Crippen LogP contribution in [0.1, 0.15) is 174 Å². The fraction of sp³-hybridized carbons (Fsp3) is 0.786. The van der Waals surface area contributed by atoms with Gasteiger partial charge in [-0.25, -0.2) is 4.57 Å². The second-order valence-corrected chi connectivity index (χ2v) is 14.9. The molecule has 2 atom stereocenters. The Morgan fingerprint density at radius 3 is 1.65 bits per heavy atom. The van der Waals surface area contributed by atoms with E-state index < -0.39 is 13.9 Å². The molecule has 0 aliphatic heterocycles. The summed E-state index contributed by atoms with van der Waals surface area (Å²) in [4.78, 5) is 22.2. The molecule has 298 valence electrons. The van der Waals surface area contributed by atoms with E-state index in [2.05, 4.69) is 62.5 Å². The maximum absolute atomic E-state index is 12.4. The fourth-order valence-corrected chi connectivity index (χ4v) is 6.28. The van der Waals surface area contributed by atoms with E-state index >= 15 is 0 Å². The molecule has 0 bridgehead atoms. The molecule has 0 aromatic rings. The van der Waals surface area contributed by atoms with Crippen LogP contribution in [0.15, 0.2) is 48.6 Å². The molecule has 0 heterocycles. The monoisotopic (exact) mass is 740 g/mol. The maximum Gasteiger partial charge on any atom is 0.472 e. The highest BCUT2D eigenvalue weighted by Gasteiger charge is 2.25. The van der Waals surface area contributed by atoms with Crippen LogP contribution >= 0.6 is 7.82 Å². The van der Waals surface area contributed by atoms with Crippen molar-refractivity contribution in [2.24, 2.45) is 5.73 Å². The van der Waals surface area contributed by atoms with Crippen LogP contribution in [0.3, 0.4) is 0 Å². The van der Waals surface area contributed by atoms with E-state index in [1.54, 1.807) is 0 Å². The molecule has 9 heteroatoms. The average molecular weight is 740 g/mol. The molecule has 0 aliphatic carbocycles. The lowest BCUT2D eigenvalue weighted by Gasteiger charge is -2.20. The number of phosphoric ester groups is 1. The Morgan fingerprint density at radius 1 is 0.608 bits per heavy atom. The third-order valence-electron chi connectivity index (χ3n) is 8.51. The molecule has 0 amide bonds. The summed E-state index contributed by atoms with van der Waals surface area (Å²) in [6.07, 6.45) is 46.0. The number of phosphoric acid groups is 1. The first-order chi connectivity index (χ1) is 24.9. The van der Waals surface area contributed by atoms with Crippen LogP contribution in [0.2, 0.25) is 0 Å². The van der Waals surface area contributed by atoms with Gasteiger partial charge in [0.15, 0.2) is 0 Å². The van der Waals surface area contributed by atoms with Gasteiger partial charge in [0.2, 0.25) is 0 Å². The van der Waals surface area contributed by atoms with Crippen LogP contribution in [0, 0.1) is 0 Å². The van der Waals surface area contributed by atoms with Crippen molar-refractivity contribution < 1.29 is 32.8 Å². The molecule has 0 fully saturated rings. The number of hydrogen-bond donors (Lipinski definition) is 2. The molecule has 0 radical (unpaired) electrons. The van der Waals surface area contributed by atoms with E-state index in [4.69, 9.17) is 24.3 Å². The molecule has 0 saturated heterocycles. The van der Waals surface area contributed by atoms with Gasteiger partial charge in [-0.2, -0.15) is 0 Å². The Bertz CT molecular complexity index is 921. The highest BCUT2D eigenvalue weighted by atomic mass is 31.2. The topological polar surface area (TPSA) is 117 Å². The van der Waals surface area contributed by atoms with E-state index in [0.29, 0.717) is 13.0 Å². The maximum atomic E-state index is 12.4. The second-order valence-electron chi connectivity index (χ2n) is 13.5. The summed E-state index contributed by atoms with van der Waals surface area (Å²) in [5, 5.41) is 0. The molecule has 0 spiro atoms. The number of carbonyl (C=O) groups is 1. The lowest BCUT2D eigenvalue weighted by molar-refractivity contribution is -0.154. The van der Waals surface area contributed by atoms with Gasteiger partial charge in [-0.1, -0.05) is 165 Å². The Balaban J connectivity index is 3.80. The molecular weight excluding hydrogens is 661 g/mol. The van der Waals surface area contributed by atoms with Crippen LogP contribution < -0.4 is 5.73 Å². The summed E-state index contributed by atoms with van der Waals surface area (Å²) in [5.74, 6) is -0.341. The predicted octanol–water partition coefficient (Wildman–Crippen LogP) is 12.0.